The van der Waals surface area contributed by atoms with Crippen molar-refractivity contribution in [3.63, 3.8) is 0 Å². The van der Waals surface area contributed by atoms with Gasteiger partial charge in [0.25, 0.3) is 0 Å². The second-order valence-electron chi connectivity index (χ2n) is 8.24. The second-order valence-corrected chi connectivity index (χ2v) is 8.24. The lowest BCUT2D eigenvalue weighted by molar-refractivity contribution is 0.189. The molecule has 0 saturated carbocycles. The summed E-state index contributed by atoms with van der Waals surface area (Å²) in [7, 11) is 0. The van der Waals surface area contributed by atoms with E-state index in [2.05, 4.69) is 56.3 Å². The van der Waals surface area contributed by atoms with Gasteiger partial charge in [-0.3, -0.25) is 9.89 Å². The number of benzene rings is 2. The number of oxazole rings is 1. The quantitative estimate of drug-likeness (QED) is 0.514. The molecule has 2 aromatic heterocycles. The molecule has 2 aromatic carbocycles. The third-order valence-electron chi connectivity index (χ3n) is 6.19. The Labute approximate surface area is 180 Å². The highest BCUT2D eigenvalue weighted by Crippen LogP contribution is 2.29. The Balaban J connectivity index is 1.33. The minimum atomic E-state index is 0.306. The van der Waals surface area contributed by atoms with Gasteiger partial charge < -0.3 is 9.40 Å². The molecular formula is C25H23N5O. The van der Waals surface area contributed by atoms with Crippen molar-refractivity contribution in [3.8, 4) is 0 Å². The lowest BCUT2D eigenvalue weighted by Crippen LogP contribution is -2.37. The number of fused-ring (bicyclic) bond motifs is 3. The van der Waals surface area contributed by atoms with E-state index in [1.807, 2.05) is 30.5 Å². The molecule has 0 saturated heterocycles. The average molecular weight is 409 g/mol. The zero-order valence-corrected chi connectivity index (χ0v) is 17.1. The number of imidazole rings is 1. The highest BCUT2D eigenvalue weighted by Gasteiger charge is 2.27. The SMILES string of the molecule is C1=CC2=CC(N(Cc3ccc4ocnc4c3)Cc3nc4ccccc4[nH]3)CCC2N=C1. The lowest BCUT2D eigenvalue weighted by Gasteiger charge is -2.34. The van der Waals surface area contributed by atoms with Gasteiger partial charge in [0.2, 0.25) is 0 Å². The maximum Gasteiger partial charge on any atom is 0.181 e. The largest absolute Gasteiger partial charge is 0.443 e. The van der Waals surface area contributed by atoms with Gasteiger partial charge in [-0.1, -0.05) is 30.4 Å². The van der Waals surface area contributed by atoms with E-state index < -0.39 is 0 Å². The highest BCUT2D eigenvalue weighted by atomic mass is 16.3. The number of nitrogens with one attached hydrogen (secondary N) is 1. The molecule has 1 aliphatic heterocycles. The third-order valence-corrected chi connectivity index (χ3v) is 6.19. The van der Waals surface area contributed by atoms with Crippen LogP contribution in [-0.4, -0.2) is 38.2 Å². The maximum atomic E-state index is 5.41. The molecule has 2 atom stereocenters. The first-order valence-electron chi connectivity index (χ1n) is 10.7. The van der Waals surface area contributed by atoms with Crippen molar-refractivity contribution in [1.82, 2.24) is 19.9 Å². The van der Waals surface area contributed by atoms with Crippen LogP contribution in [0.5, 0.6) is 0 Å². The molecule has 6 rings (SSSR count). The van der Waals surface area contributed by atoms with Gasteiger partial charge in [-0.2, -0.15) is 0 Å². The van der Waals surface area contributed by atoms with Crippen molar-refractivity contribution >= 4 is 28.3 Å². The van der Waals surface area contributed by atoms with Crippen molar-refractivity contribution in [2.75, 3.05) is 0 Å². The number of aliphatic imine (C=N–C) groups is 1. The molecule has 31 heavy (non-hydrogen) atoms. The number of rotatable bonds is 5. The van der Waals surface area contributed by atoms with Crippen LogP contribution < -0.4 is 0 Å². The lowest BCUT2D eigenvalue weighted by atomic mass is 9.89. The van der Waals surface area contributed by atoms with Crippen LogP contribution in [-0.2, 0) is 13.1 Å². The Morgan fingerprint density at radius 3 is 3.00 bits per heavy atom. The minimum absolute atomic E-state index is 0.306. The summed E-state index contributed by atoms with van der Waals surface area (Å²) >= 11 is 0. The first-order valence-corrected chi connectivity index (χ1v) is 10.7. The van der Waals surface area contributed by atoms with Crippen LogP contribution in [0.25, 0.3) is 22.1 Å². The molecular weight excluding hydrogens is 386 g/mol. The summed E-state index contributed by atoms with van der Waals surface area (Å²) in [5.74, 6) is 0.987. The molecule has 4 aromatic rings. The number of aromatic nitrogens is 3. The standard InChI is InChI=1S/C25H23N5O/c1-2-6-22-21(5-1)28-25(29-22)15-30(14-17-7-10-24-23(12-17)27-16-31-24)19-8-9-20-18(13-19)4-3-11-26-20/h1-7,10-13,16,19-20H,8-9,14-15H2,(H,28,29). The smallest absolute Gasteiger partial charge is 0.181 e. The number of allylic oxidation sites excluding steroid dienone is 1. The molecule has 0 fully saturated rings. The molecule has 154 valence electrons. The van der Waals surface area contributed by atoms with Crippen LogP contribution in [0.4, 0.5) is 0 Å². The van der Waals surface area contributed by atoms with Gasteiger partial charge in [-0.15, -0.1) is 0 Å². The number of hydrogen-bond donors (Lipinski definition) is 1. The van der Waals surface area contributed by atoms with E-state index in [-0.39, 0.29) is 0 Å². The van der Waals surface area contributed by atoms with Crippen LogP contribution in [0.3, 0.4) is 0 Å². The predicted octanol–water partition coefficient (Wildman–Crippen LogP) is 4.80. The monoisotopic (exact) mass is 409 g/mol. The Morgan fingerprint density at radius 1 is 1.06 bits per heavy atom. The molecule has 6 heteroatoms. The van der Waals surface area contributed by atoms with Gasteiger partial charge >= 0.3 is 0 Å². The number of hydrogen-bond acceptors (Lipinski definition) is 5. The molecule has 0 bridgehead atoms. The van der Waals surface area contributed by atoms with Gasteiger partial charge in [0.05, 0.1) is 23.6 Å². The normalized spacial score (nSPS) is 20.5. The van der Waals surface area contributed by atoms with E-state index in [0.717, 1.165) is 53.9 Å². The minimum Gasteiger partial charge on any atom is -0.443 e. The molecule has 1 N–H and O–H groups in total. The number of dihydropyridines is 1. The fraction of sp³-hybridized carbons (Fsp3) is 0.240. The van der Waals surface area contributed by atoms with E-state index >= 15 is 0 Å². The number of H-pyrrole nitrogens is 1. The van der Waals surface area contributed by atoms with Gasteiger partial charge in [-0.25, -0.2) is 9.97 Å². The number of para-hydroxylation sites is 2. The summed E-state index contributed by atoms with van der Waals surface area (Å²) in [5, 5.41) is 0. The van der Waals surface area contributed by atoms with Crippen LogP contribution in [0.1, 0.15) is 24.2 Å². The van der Waals surface area contributed by atoms with Crippen molar-refractivity contribution < 1.29 is 4.42 Å². The number of aromatic amines is 1. The second kappa shape index (κ2) is 7.63. The molecule has 0 spiro atoms. The molecule has 2 aliphatic rings. The first-order chi connectivity index (χ1) is 15.3. The fourth-order valence-electron chi connectivity index (χ4n) is 4.63. The van der Waals surface area contributed by atoms with E-state index in [4.69, 9.17) is 9.40 Å². The van der Waals surface area contributed by atoms with Crippen LogP contribution in [0.2, 0.25) is 0 Å². The Bertz CT molecular complexity index is 1290. The summed E-state index contributed by atoms with van der Waals surface area (Å²) in [6.45, 7) is 1.56. The Morgan fingerprint density at radius 2 is 2.03 bits per heavy atom. The van der Waals surface area contributed by atoms with Crippen molar-refractivity contribution in [1.29, 1.82) is 0 Å². The summed E-state index contributed by atoms with van der Waals surface area (Å²) in [4.78, 5) is 19.8. The topological polar surface area (TPSA) is 70.3 Å². The molecule has 0 amide bonds. The third kappa shape index (κ3) is 3.59. The number of nitrogens with zero attached hydrogens (tertiary/aromatic N) is 4. The van der Waals surface area contributed by atoms with Crippen LogP contribution >= 0.6 is 0 Å². The van der Waals surface area contributed by atoms with Crippen LogP contribution in [0, 0.1) is 0 Å². The van der Waals surface area contributed by atoms with Gasteiger partial charge in [-0.05, 0) is 54.3 Å². The summed E-state index contributed by atoms with van der Waals surface area (Å²) in [5.41, 5.74) is 6.34. The molecule has 0 radical (unpaired) electrons. The van der Waals surface area contributed by atoms with Crippen molar-refractivity contribution in [2.45, 2.75) is 38.0 Å². The van der Waals surface area contributed by atoms with E-state index in [0.29, 0.717) is 12.1 Å². The van der Waals surface area contributed by atoms with Gasteiger partial charge in [0.1, 0.15) is 11.3 Å². The molecule has 1 aliphatic carbocycles. The molecule has 3 heterocycles. The van der Waals surface area contributed by atoms with Gasteiger partial charge in [0, 0.05) is 18.8 Å². The summed E-state index contributed by atoms with van der Waals surface area (Å²) in [6, 6.07) is 15.1. The Hall–Kier alpha value is -3.51. The van der Waals surface area contributed by atoms with Gasteiger partial charge in [0.15, 0.2) is 12.0 Å². The molecule has 2 unspecified atom stereocenters. The van der Waals surface area contributed by atoms with E-state index in [9.17, 15) is 0 Å². The Kier molecular flexibility index (Phi) is 4.50. The van der Waals surface area contributed by atoms with E-state index in [1.165, 1.54) is 17.5 Å². The highest BCUT2D eigenvalue weighted by molar-refractivity contribution is 5.75. The fourth-order valence-corrected chi connectivity index (χ4v) is 4.63. The zero-order valence-electron chi connectivity index (χ0n) is 17.1. The first kappa shape index (κ1) is 18.3. The zero-order chi connectivity index (χ0) is 20.6. The van der Waals surface area contributed by atoms with Crippen LogP contribution in [0.15, 0.2) is 82.1 Å². The van der Waals surface area contributed by atoms with Crippen molar-refractivity contribution in [2.24, 2.45) is 4.99 Å². The summed E-state index contributed by atoms with van der Waals surface area (Å²) in [6.07, 6.45) is 12.2. The average Bonchev–Trinajstić information content (AvgIpc) is 3.44. The molecule has 6 nitrogen and oxygen atoms in total. The predicted molar refractivity (Wildman–Crippen MR) is 122 cm³/mol. The summed E-state index contributed by atoms with van der Waals surface area (Å²) < 4.78 is 5.41. The maximum absolute atomic E-state index is 5.41. The van der Waals surface area contributed by atoms with E-state index in [1.54, 1.807) is 0 Å². The van der Waals surface area contributed by atoms with Crippen molar-refractivity contribution in [3.05, 3.63) is 84.0 Å².